The molecule has 9 rings (SSSR count). The Kier molecular flexibility index (Phi) is 14.8. The first kappa shape index (κ1) is 47.5. The van der Waals surface area contributed by atoms with Gasteiger partial charge in [-0.1, -0.05) is 30.2 Å². The molecule has 70 heavy (non-hydrogen) atoms. The third kappa shape index (κ3) is 11.5. The van der Waals surface area contributed by atoms with E-state index in [-0.39, 0.29) is 47.8 Å². The number of carbonyl (C=O) groups excluding carboxylic acids is 5. The van der Waals surface area contributed by atoms with Crippen LogP contribution in [0.1, 0.15) is 92.4 Å². The van der Waals surface area contributed by atoms with Crippen LogP contribution >= 0.6 is 0 Å². The molecule has 3 aliphatic rings. The number of nitrogens with zero attached hydrogens (tertiary/aromatic N) is 8. The fraction of sp³-hybridized carbons (Fsp3) is 0.375. The van der Waals surface area contributed by atoms with Gasteiger partial charge >= 0.3 is 0 Å². The number of nitrogens with one attached hydrogen (secondary N) is 3. The maximum Gasteiger partial charge on any atom is 0.284 e. The van der Waals surface area contributed by atoms with Crippen molar-refractivity contribution in [3.63, 3.8) is 0 Å². The fourth-order valence-electron chi connectivity index (χ4n) is 8.07. The van der Waals surface area contributed by atoms with Gasteiger partial charge in [0.1, 0.15) is 18.1 Å². The van der Waals surface area contributed by atoms with Crippen LogP contribution < -0.4 is 20.7 Å². The van der Waals surface area contributed by atoms with Gasteiger partial charge in [-0.25, -0.2) is 23.1 Å². The van der Waals surface area contributed by atoms with Gasteiger partial charge in [0.05, 0.1) is 80.2 Å². The highest BCUT2D eigenvalue weighted by Gasteiger charge is 2.44. The zero-order valence-corrected chi connectivity index (χ0v) is 37.9. The minimum atomic E-state index is -2.94. The number of aryl methyl sites for hydroxylation is 1. The first-order valence-electron chi connectivity index (χ1n) is 23.0. The minimum Gasteiger partial charge on any atom is -0.493 e. The highest BCUT2D eigenvalue weighted by molar-refractivity contribution is 6.23. The normalized spacial score (nSPS) is 15.8. The highest BCUT2D eigenvalue weighted by atomic mass is 19.3. The molecular formula is C48H49F2N11O9. The maximum atomic E-state index is 14.1. The lowest BCUT2D eigenvalue weighted by atomic mass is 10.0. The van der Waals surface area contributed by atoms with Gasteiger partial charge in [-0.3, -0.25) is 39.2 Å². The Morgan fingerprint density at radius 3 is 2.53 bits per heavy atom. The predicted octanol–water partition coefficient (Wildman–Crippen LogP) is 4.89. The zero-order valence-electron chi connectivity index (χ0n) is 37.9. The van der Waals surface area contributed by atoms with E-state index in [1.165, 1.54) is 42.1 Å². The second-order valence-corrected chi connectivity index (χ2v) is 17.0. The number of hydrogen-bond donors (Lipinski definition) is 3. The minimum absolute atomic E-state index is 0.0399. The van der Waals surface area contributed by atoms with E-state index in [0.29, 0.717) is 69.5 Å². The van der Waals surface area contributed by atoms with Gasteiger partial charge in [0, 0.05) is 43.4 Å². The SMILES string of the molecule is O=C1CCC(N2C(=O)c3ccc(OCCc4cnnn4CCOCCOCCNCc4ccc(-n5cc(NC(=O)c6coc(-c7ccnc(CCC8CC8)c7)n6)c(C(F)F)n5)cc4)cc3C2=O)C(=O)N1. The van der Waals surface area contributed by atoms with Gasteiger partial charge in [-0.15, -0.1) is 5.10 Å². The van der Waals surface area contributed by atoms with E-state index in [0.717, 1.165) is 40.6 Å². The van der Waals surface area contributed by atoms with E-state index in [4.69, 9.17) is 18.6 Å². The summed E-state index contributed by atoms with van der Waals surface area (Å²) < 4.78 is 54.0. The highest BCUT2D eigenvalue weighted by Crippen LogP contribution is 2.34. The molecule has 364 valence electrons. The van der Waals surface area contributed by atoms with Gasteiger partial charge < -0.3 is 29.3 Å². The summed E-state index contributed by atoms with van der Waals surface area (Å²) in [6, 6.07) is 14.3. The van der Waals surface area contributed by atoms with Crippen LogP contribution in [0.15, 0.2) is 83.9 Å². The van der Waals surface area contributed by atoms with E-state index in [9.17, 15) is 32.8 Å². The largest absolute Gasteiger partial charge is 0.493 e. The quantitative estimate of drug-likeness (QED) is 0.0541. The van der Waals surface area contributed by atoms with Crippen LogP contribution in [0.5, 0.6) is 5.75 Å². The molecule has 1 aliphatic carbocycles. The third-order valence-electron chi connectivity index (χ3n) is 12.0. The Bertz CT molecular complexity index is 2860. The standard InChI is InChI=1S/C48H49F2N11O9/c49-43(50)42-38(54-44(63)39-28-70-46(55-39)31-13-15-52-32(23-31)6-3-29-1-2-29)27-60(57-42)33-7-4-30(5-8-33)25-51-16-19-67-21-22-68-20-17-59-34(26-53-58-59)14-18-69-35-9-10-36-37(24-35)48(66)61(47(36)65)40-11-12-41(62)56-45(40)64/h4-5,7-10,13,15,23-24,26-29,40,43,51H,1-3,6,11-12,14,16-22,25H2,(H,54,63)(H,56,62,64). The summed E-state index contributed by atoms with van der Waals surface area (Å²) in [6.45, 7) is 3.37. The predicted molar refractivity (Wildman–Crippen MR) is 243 cm³/mol. The number of ether oxygens (including phenoxy) is 3. The van der Waals surface area contributed by atoms with Crippen molar-refractivity contribution in [1.82, 2.24) is 50.3 Å². The van der Waals surface area contributed by atoms with Crippen molar-refractivity contribution in [1.29, 1.82) is 0 Å². The van der Waals surface area contributed by atoms with Crippen molar-refractivity contribution < 1.29 is 51.4 Å². The molecule has 1 atom stereocenters. The molecule has 22 heteroatoms. The second kappa shape index (κ2) is 21.8. The summed E-state index contributed by atoms with van der Waals surface area (Å²) in [4.78, 5) is 72.7. The molecule has 1 saturated heterocycles. The number of alkyl halides is 2. The van der Waals surface area contributed by atoms with Gasteiger partial charge in [0.2, 0.25) is 17.7 Å². The molecule has 6 heterocycles. The summed E-state index contributed by atoms with van der Waals surface area (Å²) in [6.07, 6.45) is 7.91. The summed E-state index contributed by atoms with van der Waals surface area (Å²) >= 11 is 0. The molecule has 20 nitrogen and oxygen atoms in total. The average Bonchev–Trinajstić information content (AvgIpc) is 3.62. The number of anilines is 1. The van der Waals surface area contributed by atoms with Crippen molar-refractivity contribution in [2.75, 3.05) is 44.9 Å². The summed E-state index contributed by atoms with van der Waals surface area (Å²) in [5.74, 6) is -1.63. The molecule has 1 unspecified atom stereocenters. The molecule has 4 aromatic heterocycles. The first-order chi connectivity index (χ1) is 34.1. The Morgan fingerprint density at radius 2 is 1.73 bits per heavy atom. The van der Waals surface area contributed by atoms with Crippen LogP contribution in [0.25, 0.3) is 17.1 Å². The van der Waals surface area contributed by atoms with Crippen LogP contribution in [0.2, 0.25) is 0 Å². The van der Waals surface area contributed by atoms with E-state index < -0.39 is 47.7 Å². The van der Waals surface area contributed by atoms with E-state index in [1.807, 2.05) is 18.2 Å². The summed E-state index contributed by atoms with van der Waals surface area (Å²) in [7, 11) is 0. The molecule has 2 aliphatic heterocycles. The molecule has 3 N–H and O–H groups in total. The number of piperidine rings is 1. The number of halogens is 2. The number of rotatable bonds is 24. The molecule has 5 amide bonds. The Hall–Kier alpha value is -7.56. The van der Waals surface area contributed by atoms with Gasteiger partial charge in [0.15, 0.2) is 11.4 Å². The summed E-state index contributed by atoms with van der Waals surface area (Å²) in [5.41, 5.74) is 3.40. The molecule has 0 radical (unpaired) electrons. The smallest absolute Gasteiger partial charge is 0.284 e. The number of carbonyl (C=O) groups is 5. The maximum absolute atomic E-state index is 14.1. The Balaban J connectivity index is 0.647. The fourth-order valence-corrected chi connectivity index (χ4v) is 8.07. The van der Waals surface area contributed by atoms with Crippen LogP contribution in [-0.2, 0) is 45.0 Å². The lowest BCUT2D eigenvalue weighted by Gasteiger charge is -2.27. The second-order valence-electron chi connectivity index (χ2n) is 17.0. The number of hydrogen-bond acceptors (Lipinski definition) is 15. The van der Waals surface area contributed by atoms with Gasteiger partial charge in [0.25, 0.3) is 24.1 Å². The molecule has 2 fully saturated rings. The number of oxazole rings is 1. The molecule has 6 aromatic rings. The molecule has 1 saturated carbocycles. The number of pyridine rings is 1. The lowest BCUT2D eigenvalue weighted by molar-refractivity contribution is -0.136. The number of imide groups is 2. The van der Waals surface area contributed by atoms with Crippen LogP contribution in [0, 0.1) is 5.92 Å². The lowest BCUT2D eigenvalue weighted by Crippen LogP contribution is -2.54. The van der Waals surface area contributed by atoms with Crippen LogP contribution in [0.3, 0.4) is 0 Å². The molecular weight excluding hydrogens is 913 g/mol. The Morgan fingerprint density at radius 1 is 0.914 bits per heavy atom. The Labute approximate surface area is 399 Å². The third-order valence-corrected chi connectivity index (χ3v) is 12.0. The molecule has 0 spiro atoms. The van der Waals surface area contributed by atoms with E-state index in [2.05, 4.69) is 41.3 Å². The van der Waals surface area contributed by atoms with Crippen LogP contribution in [0.4, 0.5) is 14.5 Å². The van der Waals surface area contributed by atoms with E-state index >= 15 is 0 Å². The van der Waals surface area contributed by atoms with Crippen molar-refractivity contribution in [2.45, 2.75) is 70.5 Å². The molecule has 0 bridgehead atoms. The summed E-state index contributed by atoms with van der Waals surface area (Å²) in [5, 5.41) is 20.2. The van der Waals surface area contributed by atoms with Crippen molar-refractivity contribution >= 4 is 35.2 Å². The number of benzene rings is 2. The first-order valence-corrected chi connectivity index (χ1v) is 23.0. The van der Waals surface area contributed by atoms with Crippen LogP contribution in [-0.4, -0.2) is 115 Å². The van der Waals surface area contributed by atoms with Gasteiger partial charge in [-0.2, -0.15) is 5.10 Å². The van der Waals surface area contributed by atoms with E-state index in [1.54, 1.807) is 41.3 Å². The number of fused-ring (bicyclic) bond motifs is 1. The zero-order chi connectivity index (χ0) is 48.6. The number of aromatic nitrogens is 7. The average molecular weight is 962 g/mol. The number of amides is 5. The van der Waals surface area contributed by atoms with Crippen molar-refractivity contribution in [3.8, 4) is 22.9 Å². The van der Waals surface area contributed by atoms with Crippen molar-refractivity contribution in [2.24, 2.45) is 5.92 Å². The topological polar surface area (TPSA) is 240 Å². The van der Waals surface area contributed by atoms with Crippen molar-refractivity contribution in [3.05, 3.63) is 119 Å². The molecule has 2 aromatic carbocycles. The van der Waals surface area contributed by atoms with Gasteiger partial charge in [-0.05, 0) is 73.2 Å². The monoisotopic (exact) mass is 961 g/mol.